The van der Waals surface area contributed by atoms with Crippen LogP contribution in [0.3, 0.4) is 0 Å². The van der Waals surface area contributed by atoms with Crippen LogP contribution in [0.15, 0.2) is 36.8 Å². The number of carboxylic acids is 1. The van der Waals surface area contributed by atoms with Gasteiger partial charge in [0.2, 0.25) is 5.95 Å². The first-order valence-corrected chi connectivity index (χ1v) is 5.45. The molecule has 0 fully saturated rings. The van der Waals surface area contributed by atoms with Gasteiger partial charge in [-0.3, -0.25) is 4.98 Å². The predicted molar refractivity (Wildman–Crippen MR) is 67.6 cm³/mol. The van der Waals surface area contributed by atoms with E-state index in [4.69, 9.17) is 5.73 Å². The molecule has 7 heteroatoms. The molecule has 3 heterocycles. The van der Waals surface area contributed by atoms with E-state index in [1.54, 1.807) is 36.8 Å². The minimum Gasteiger partial charge on any atom is -0.478 e. The van der Waals surface area contributed by atoms with Crippen LogP contribution in [0.4, 0.5) is 5.95 Å². The highest BCUT2D eigenvalue weighted by molar-refractivity contribution is 5.96. The van der Waals surface area contributed by atoms with Crippen molar-refractivity contribution in [2.24, 2.45) is 0 Å². The van der Waals surface area contributed by atoms with Crippen LogP contribution in [0.2, 0.25) is 0 Å². The normalized spacial score (nSPS) is 10.7. The molecule has 0 amide bonds. The smallest absolute Gasteiger partial charge is 0.339 e. The van der Waals surface area contributed by atoms with Gasteiger partial charge in [0, 0.05) is 24.2 Å². The van der Waals surface area contributed by atoms with Crippen molar-refractivity contribution in [3.63, 3.8) is 0 Å². The standard InChI is InChI=1S/C12H9N5O2/c13-12-15-10-9(11(18)19)5-8(6-17(10)16-12)7-1-3-14-4-2-7/h1-6H,(H2,13,16)(H,18,19). The maximum absolute atomic E-state index is 11.3. The van der Waals surface area contributed by atoms with Gasteiger partial charge >= 0.3 is 5.97 Å². The number of nitrogens with two attached hydrogens (primary N) is 1. The Kier molecular flexibility index (Phi) is 2.38. The number of carboxylic acid groups (broad SMARTS) is 1. The lowest BCUT2D eigenvalue weighted by Crippen LogP contribution is -2.02. The molecule has 3 rings (SSSR count). The summed E-state index contributed by atoms with van der Waals surface area (Å²) < 4.78 is 1.37. The number of hydrogen-bond donors (Lipinski definition) is 2. The summed E-state index contributed by atoms with van der Waals surface area (Å²) in [6.45, 7) is 0. The Labute approximate surface area is 107 Å². The number of aromatic carboxylic acids is 1. The number of rotatable bonds is 2. The largest absolute Gasteiger partial charge is 0.478 e. The molecular weight excluding hydrogens is 246 g/mol. The van der Waals surface area contributed by atoms with E-state index in [2.05, 4.69) is 15.1 Å². The second kappa shape index (κ2) is 4.05. The van der Waals surface area contributed by atoms with Crippen LogP contribution in [0.25, 0.3) is 16.8 Å². The number of anilines is 1. The Morgan fingerprint density at radius 1 is 1.26 bits per heavy atom. The van der Waals surface area contributed by atoms with Crippen LogP contribution in [0.5, 0.6) is 0 Å². The van der Waals surface area contributed by atoms with Crippen molar-refractivity contribution >= 4 is 17.6 Å². The van der Waals surface area contributed by atoms with Gasteiger partial charge < -0.3 is 10.8 Å². The Balaban J connectivity index is 2.30. The van der Waals surface area contributed by atoms with Crippen LogP contribution in [0, 0.1) is 0 Å². The molecule has 0 saturated carbocycles. The summed E-state index contributed by atoms with van der Waals surface area (Å²) in [5.41, 5.74) is 7.33. The molecule has 3 N–H and O–H groups in total. The van der Waals surface area contributed by atoms with E-state index in [-0.39, 0.29) is 17.2 Å². The summed E-state index contributed by atoms with van der Waals surface area (Å²) in [4.78, 5) is 19.1. The topological polar surface area (TPSA) is 106 Å². The van der Waals surface area contributed by atoms with Gasteiger partial charge in [0.1, 0.15) is 5.56 Å². The second-order valence-corrected chi connectivity index (χ2v) is 3.92. The van der Waals surface area contributed by atoms with Gasteiger partial charge in [-0.05, 0) is 23.8 Å². The highest BCUT2D eigenvalue weighted by Gasteiger charge is 2.15. The summed E-state index contributed by atoms with van der Waals surface area (Å²) in [7, 11) is 0. The summed E-state index contributed by atoms with van der Waals surface area (Å²) in [6, 6.07) is 5.11. The quantitative estimate of drug-likeness (QED) is 0.709. The van der Waals surface area contributed by atoms with E-state index in [0.717, 1.165) is 5.56 Å². The maximum atomic E-state index is 11.3. The summed E-state index contributed by atoms with van der Waals surface area (Å²) in [5.74, 6) is -1.04. The van der Waals surface area contributed by atoms with Crippen molar-refractivity contribution in [2.75, 3.05) is 5.73 Å². The van der Waals surface area contributed by atoms with Crippen LogP contribution < -0.4 is 5.73 Å². The molecule has 0 unspecified atom stereocenters. The maximum Gasteiger partial charge on any atom is 0.339 e. The van der Waals surface area contributed by atoms with Crippen molar-refractivity contribution in [3.8, 4) is 11.1 Å². The first-order chi connectivity index (χ1) is 9.15. The lowest BCUT2D eigenvalue weighted by molar-refractivity contribution is 0.0698. The molecule has 0 atom stereocenters. The predicted octanol–water partition coefficient (Wildman–Crippen LogP) is 1.07. The zero-order valence-electron chi connectivity index (χ0n) is 9.69. The molecule has 0 bridgehead atoms. The summed E-state index contributed by atoms with van der Waals surface area (Å²) in [5, 5.41) is 13.2. The number of aromatic nitrogens is 4. The average molecular weight is 255 g/mol. The lowest BCUT2D eigenvalue weighted by Gasteiger charge is -2.04. The van der Waals surface area contributed by atoms with Gasteiger partial charge in [-0.1, -0.05) is 0 Å². The molecule has 0 aromatic carbocycles. The highest BCUT2D eigenvalue weighted by Crippen LogP contribution is 2.22. The van der Waals surface area contributed by atoms with E-state index in [9.17, 15) is 9.90 Å². The van der Waals surface area contributed by atoms with E-state index in [1.165, 1.54) is 4.52 Å². The Hall–Kier alpha value is -2.96. The number of fused-ring (bicyclic) bond motifs is 1. The summed E-state index contributed by atoms with van der Waals surface area (Å²) >= 11 is 0. The molecule has 0 aliphatic heterocycles. The van der Waals surface area contributed by atoms with Gasteiger partial charge in [0.05, 0.1) is 0 Å². The number of carbonyl (C=O) groups is 1. The Morgan fingerprint density at radius 3 is 2.68 bits per heavy atom. The van der Waals surface area contributed by atoms with Crippen molar-refractivity contribution in [3.05, 3.63) is 42.4 Å². The Morgan fingerprint density at radius 2 is 2.00 bits per heavy atom. The van der Waals surface area contributed by atoms with Gasteiger partial charge in [0.25, 0.3) is 0 Å². The van der Waals surface area contributed by atoms with Crippen molar-refractivity contribution < 1.29 is 9.90 Å². The first-order valence-electron chi connectivity index (χ1n) is 5.45. The van der Waals surface area contributed by atoms with Crippen LogP contribution in [0.1, 0.15) is 10.4 Å². The van der Waals surface area contributed by atoms with E-state index in [1.807, 2.05) is 0 Å². The number of pyridine rings is 2. The third-order valence-electron chi connectivity index (χ3n) is 2.69. The fraction of sp³-hybridized carbons (Fsp3) is 0. The SMILES string of the molecule is Nc1nc2c(C(=O)O)cc(-c3ccncc3)cn2n1. The molecule has 3 aromatic rings. The van der Waals surface area contributed by atoms with E-state index < -0.39 is 5.97 Å². The van der Waals surface area contributed by atoms with Gasteiger partial charge in [-0.15, -0.1) is 5.10 Å². The van der Waals surface area contributed by atoms with Crippen LogP contribution in [-0.2, 0) is 0 Å². The average Bonchev–Trinajstić information content (AvgIpc) is 2.78. The van der Waals surface area contributed by atoms with Gasteiger partial charge in [0.15, 0.2) is 5.65 Å². The molecule has 94 valence electrons. The Bertz CT molecular complexity index is 766. The third kappa shape index (κ3) is 1.86. The van der Waals surface area contributed by atoms with Crippen LogP contribution in [-0.4, -0.2) is 30.7 Å². The van der Waals surface area contributed by atoms with Gasteiger partial charge in [-0.2, -0.15) is 4.98 Å². The molecule has 0 saturated heterocycles. The molecule has 3 aromatic heterocycles. The van der Waals surface area contributed by atoms with Gasteiger partial charge in [-0.25, -0.2) is 9.31 Å². The zero-order chi connectivity index (χ0) is 13.4. The second-order valence-electron chi connectivity index (χ2n) is 3.92. The molecule has 0 aliphatic rings. The zero-order valence-corrected chi connectivity index (χ0v) is 9.69. The first kappa shape index (κ1) is 11.1. The van der Waals surface area contributed by atoms with E-state index in [0.29, 0.717) is 5.56 Å². The van der Waals surface area contributed by atoms with Crippen molar-refractivity contribution in [1.29, 1.82) is 0 Å². The number of nitrogen functional groups attached to an aromatic ring is 1. The molecule has 19 heavy (non-hydrogen) atoms. The molecular formula is C12H9N5O2. The fourth-order valence-electron chi connectivity index (χ4n) is 1.86. The minimum absolute atomic E-state index is 0.0365. The lowest BCUT2D eigenvalue weighted by atomic mass is 10.1. The van der Waals surface area contributed by atoms with Crippen molar-refractivity contribution in [2.45, 2.75) is 0 Å². The molecule has 0 spiro atoms. The monoisotopic (exact) mass is 255 g/mol. The van der Waals surface area contributed by atoms with E-state index >= 15 is 0 Å². The van der Waals surface area contributed by atoms with Crippen molar-refractivity contribution in [1.82, 2.24) is 19.6 Å². The molecule has 0 radical (unpaired) electrons. The third-order valence-corrected chi connectivity index (χ3v) is 2.69. The number of nitrogens with zero attached hydrogens (tertiary/aromatic N) is 4. The highest BCUT2D eigenvalue weighted by atomic mass is 16.4. The fourth-order valence-corrected chi connectivity index (χ4v) is 1.86. The summed E-state index contributed by atoms with van der Waals surface area (Å²) in [6.07, 6.45) is 4.95. The molecule has 0 aliphatic carbocycles. The minimum atomic E-state index is -1.08. The molecule has 7 nitrogen and oxygen atoms in total. The number of hydrogen-bond acceptors (Lipinski definition) is 5. The van der Waals surface area contributed by atoms with Crippen LogP contribution >= 0.6 is 0 Å².